The molecule has 0 heterocycles. The lowest BCUT2D eigenvalue weighted by Gasteiger charge is -1.93. The largest absolute Gasteiger partial charge is 0.311 e. The molecule has 0 unspecified atom stereocenters. The summed E-state index contributed by atoms with van der Waals surface area (Å²) < 4.78 is 0. The van der Waals surface area contributed by atoms with Gasteiger partial charge >= 0.3 is 0 Å². The maximum atomic E-state index is 4.67. The summed E-state index contributed by atoms with van der Waals surface area (Å²) in [4.78, 5) is 4.25. The predicted molar refractivity (Wildman–Crippen MR) is 23.3 cm³/mol. The molecule has 0 aromatic carbocycles. The van der Waals surface area contributed by atoms with Gasteiger partial charge in [-0.05, 0) is 6.92 Å². The van der Waals surface area contributed by atoms with Crippen molar-refractivity contribution in [1.29, 1.82) is 0 Å². The molecule has 0 radical (unpaired) electrons. The average Bonchev–Trinajstić information content (AvgIpc) is 1.38. The van der Waals surface area contributed by atoms with Crippen molar-refractivity contribution in [3.05, 3.63) is 0 Å². The van der Waals surface area contributed by atoms with Gasteiger partial charge in [-0.25, -0.2) is 5.90 Å². The van der Waals surface area contributed by atoms with Crippen molar-refractivity contribution in [3.8, 4) is 0 Å². The van der Waals surface area contributed by atoms with Gasteiger partial charge < -0.3 is 4.84 Å². The van der Waals surface area contributed by atoms with Crippen molar-refractivity contribution in [2.45, 2.75) is 12.9 Å². The highest BCUT2D eigenvalue weighted by Crippen LogP contribution is 1.67. The smallest absolute Gasteiger partial charge is 0.141 e. The third-order valence-electron chi connectivity index (χ3n) is 0.272. The monoisotopic (exact) mass is 73.1 g/mol. The van der Waals surface area contributed by atoms with Gasteiger partial charge in [-0.15, -0.1) is 0 Å². The Hall–Kier alpha value is -0.0151. The summed E-state index contributed by atoms with van der Waals surface area (Å²) >= 11 is 0. The summed E-state index contributed by atoms with van der Waals surface area (Å²) in [6.07, 6.45) is 0. The second-order valence-corrected chi connectivity index (χ2v) is 1.18. The number of hydrogen-bond acceptors (Lipinski definition) is 2. The van der Waals surface area contributed by atoms with Gasteiger partial charge in [0.25, 0.3) is 0 Å². The predicted octanol–water partition coefficient (Wildman–Crippen LogP) is -1.14. The van der Waals surface area contributed by atoms with E-state index < -0.39 is 0 Å². The van der Waals surface area contributed by atoms with Crippen LogP contribution in [0.5, 0.6) is 0 Å². The fraction of sp³-hybridized carbons (Fsp3) is 1.00. The quantitative estimate of drug-likeness (QED) is 0.314. The zero-order chi connectivity index (χ0) is 4.28. The van der Waals surface area contributed by atoms with Crippen LogP contribution in [0.1, 0.15) is 6.92 Å². The maximum Gasteiger partial charge on any atom is 0.141 e. The first kappa shape index (κ1) is 4.98. The molecule has 0 saturated heterocycles. The highest BCUT2D eigenvalue weighted by molar-refractivity contribution is 6.10. The Bertz CT molecular complexity index is 23.6. The molecule has 2 N–H and O–H groups in total. The van der Waals surface area contributed by atoms with Crippen molar-refractivity contribution in [3.63, 3.8) is 0 Å². The Labute approximate surface area is 32.7 Å². The van der Waals surface area contributed by atoms with Crippen LogP contribution in [-0.4, -0.2) is 13.8 Å². The Kier molecular flexibility index (Phi) is 2.23. The van der Waals surface area contributed by atoms with Crippen LogP contribution in [0.15, 0.2) is 0 Å². The second-order valence-electron chi connectivity index (χ2n) is 1.18. The van der Waals surface area contributed by atoms with E-state index in [4.69, 9.17) is 0 Å². The molecule has 0 bridgehead atoms. The van der Waals surface area contributed by atoms with Gasteiger partial charge in [0.1, 0.15) is 7.85 Å². The van der Waals surface area contributed by atoms with E-state index in [-0.39, 0.29) is 6.00 Å². The minimum absolute atomic E-state index is 0.162. The molecule has 0 rings (SSSR count). The summed E-state index contributed by atoms with van der Waals surface area (Å²) in [6.45, 7) is 1.88. The van der Waals surface area contributed by atoms with Crippen molar-refractivity contribution in [1.82, 2.24) is 0 Å². The molecule has 1 atom stereocenters. The van der Waals surface area contributed by atoms with E-state index in [0.29, 0.717) is 0 Å². The summed E-state index contributed by atoms with van der Waals surface area (Å²) in [5.41, 5.74) is 0. The van der Waals surface area contributed by atoms with Crippen molar-refractivity contribution in [2.24, 2.45) is 5.90 Å². The van der Waals surface area contributed by atoms with Gasteiger partial charge in [0, 0.05) is 6.00 Å². The minimum Gasteiger partial charge on any atom is -0.311 e. The van der Waals surface area contributed by atoms with Gasteiger partial charge in [0.05, 0.1) is 0 Å². The standard InChI is InChI=1S/C2H8BNO/c1-2(3)5-4/h2H,3-4H2,1H3/t2-/m0/s1. The van der Waals surface area contributed by atoms with E-state index in [1.165, 1.54) is 0 Å². The summed E-state index contributed by atoms with van der Waals surface area (Å²) in [7, 11) is 1.88. The first-order valence-electron chi connectivity index (χ1n) is 1.63. The van der Waals surface area contributed by atoms with Crippen LogP contribution in [0.25, 0.3) is 0 Å². The van der Waals surface area contributed by atoms with E-state index in [1.54, 1.807) is 0 Å². The van der Waals surface area contributed by atoms with E-state index in [0.717, 1.165) is 0 Å². The van der Waals surface area contributed by atoms with Gasteiger partial charge in [0.15, 0.2) is 0 Å². The molecule has 0 fully saturated rings. The number of rotatable bonds is 1. The minimum atomic E-state index is 0.162. The van der Waals surface area contributed by atoms with Gasteiger partial charge in [-0.3, -0.25) is 0 Å². The maximum absolute atomic E-state index is 4.67. The number of hydrogen-bond donors (Lipinski definition) is 1. The van der Waals surface area contributed by atoms with Crippen LogP contribution >= 0.6 is 0 Å². The van der Waals surface area contributed by atoms with Crippen molar-refractivity contribution >= 4 is 7.85 Å². The molecular weight excluding hydrogens is 64.8 g/mol. The molecular formula is C2H8BNO. The molecule has 0 aromatic heterocycles. The van der Waals surface area contributed by atoms with Gasteiger partial charge in [-0.1, -0.05) is 0 Å². The summed E-state index contributed by atoms with van der Waals surface area (Å²) in [5.74, 6) is 4.67. The molecule has 0 saturated carbocycles. The van der Waals surface area contributed by atoms with Crippen molar-refractivity contribution < 1.29 is 4.84 Å². The van der Waals surface area contributed by atoms with Gasteiger partial charge in [-0.2, -0.15) is 0 Å². The molecule has 3 heteroatoms. The van der Waals surface area contributed by atoms with Crippen LogP contribution in [-0.2, 0) is 4.84 Å². The van der Waals surface area contributed by atoms with E-state index in [9.17, 15) is 0 Å². The molecule has 0 aliphatic heterocycles. The average molecular weight is 72.9 g/mol. The number of nitrogens with two attached hydrogens (primary N) is 1. The van der Waals surface area contributed by atoms with Crippen LogP contribution in [0.3, 0.4) is 0 Å². The molecule has 5 heavy (non-hydrogen) atoms. The normalized spacial score (nSPS) is 14.8. The van der Waals surface area contributed by atoms with E-state index in [1.807, 2.05) is 14.8 Å². The zero-order valence-electron chi connectivity index (χ0n) is 3.56. The fourth-order valence-corrected chi connectivity index (χ4v) is 0. The molecule has 0 aromatic rings. The molecule has 2 nitrogen and oxygen atoms in total. The van der Waals surface area contributed by atoms with Crippen LogP contribution in [0, 0.1) is 0 Å². The SMILES string of the molecule is B[C@H](C)ON. The second kappa shape index (κ2) is 2.24. The van der Waals surface area contributed by atoms with Crippen LogP contribution in [0.4, 0.5) is 0 Å². The highest BCUT2D eigenvalue weighted by Gasteiger charge is 1.80. The highest BCUT2D eigenvalue weighted by atomic mass is 16.6. The lowest BCUT2D eigenvalue weighted by atomic mass is 10.0. The van der Waals surface area contributed by atoms with E-state index in [2.05, 4.69) is 10.7 Å². The van der Waals surface area contributed by atoms with E-state index >= 15 is 0 Å². The van der Waals surface area contributed by atoms with Crippen LogP contribution < -0.4 is 5.90 Å². The third kappa shape index (κ3) is 3.98. The van der Waals surface area contributed by atoms with Crippen molar-refractivity contribution in [2.75, 3.05) is 0 Å². The molecule has 0 aliphatic carbocycles. The Morgan fingerprint density at radius 1 is 2.00 bits per heavy atom. The Morgan fingerprint density at radius 2 is 2.20 bits per heavy atom. The van der Waals surface area contributed by atoms with Crippen LogP contribution in [0.2, 0.25) is 0 Å². The molecule has 0 amide bonds. The first-order valence-corrected chi connectivity index (χ1v) is 1.63. The zero-order valence-corrected chi connectivity index (χ0v) is 3.56. The summed E-state index contributed by atoms with van der Waals surface area (Å²) in [5, 5.41) is 0. The Morgan fingerprint density at radius 3 is 2.20 bits per heavy atom. The Balaban J connectivity index is 2.54. The van der Waals surface area contributed by atoms with Gasteiger partial charge in [0.2, 0.25) is 0 Å². The first-order chi connectivity index (χ1) is 2.27. The topological polar surface area (TPSA) is 35.2 Å². The lowest BCUT2D eigenvalue weighted by Crippen LogP contribution is -2.11. The fourth-order valence-electron chi connectivity index (χ4n) is 0. The molecule has 30 valence electrons. The third-order valence-corrected chi connectivity index (χ3v) is 0.272. The molecule has 0 spiro atoms. The lowest BCUT2D eigenvalue weighted by molar-refractivity contribution is 0.122. The summed E-state index contributed by atoms with van der Waals surface area (Å²) in [6, 6.07) is 0.162. The molecule has 0 aliphatic rings.